The number of rotatable bonds is 3. The molecule has 0 bridgehead atoms. The van der Waals surface area contributed by atoms with E-state index in [9.17, 15) is 18.0 Å². The molecule has 9 heteroatoms. The normalized spacial score (nSPS) is 11.7. The molecule has 4 aromatic rings. The van der Waals surface area contributed by atoms with Gasteiger partial charge in [0.05, 0.1) is 17.4 Å². The highest BCUT2D eigenvalue weighted by Gasteiger charge is 2.32. The minimum atomic E-state index is -4.54. The molecule has 0 unspecified atom stereocenters. The highest BCUT2D eigenvalue weighted by atomic mass is 19.4. The van der Waals surface area contributed by atoms with Crippen molar-refractivity contribution in [2.75, 3.05) is 0 Å². The molecule has 3 aromatic heterocycles. The first kappa shape index (κ1) is 17.7. The number of primary amides is 1. The van der Waals surface area contributed by atoms with Gasteiger partial charge in [0.25, 0.3) is 5.91 Å². The van der Waals surface area contributed by atoms with Crippen molar-refractivity contribution in [3.8, 4) is 16.8 Å². The molecule has 0 aliphatic heterocycles. The molecule has 28 heavy (non-hydrogen) atoms. The highest BCUT2D eigenvalue weighted by Crippen LogP contribution is 2.30. The van der Waals surface area contributed by atoms with Crippen molar-refractivity contribution < 1.29 is 18.0 Å². The molecule has 0 aliphatic rings. The van der Waals surface area contributed by atoms with Crippen LogP contribution in [0.3, 0.4) is 0 Å². The fourth-order valence-electron chi connectivity index (χ4n) is 2.89. The Hall–Kier alpha value is -3.75. The maximum Gasteiger partial charge on any atom is 0.433 e. The SMILES string of the molecule is NC(=O)c1nn(-c2ccc(C(F)(F)F)nc2)c2ccc(-c3cccnc3)cc12. The van der Waals surface area contributed by atoms with Crippen LogP contribution in [0.2, 0.25) is 0 Å². The number of carbonyl (C=O) groups excluding carboxylic acids is 1. The summed E-state index contributed by atoms with van der Waals surface area (Å²) in [5, 5.41) is 4.67. The van der Waals surface area contributed by atoms with Gasteiger partial charge in [-0.2, -0.15) is 18.3 Å². The molecule has 0 saturated heterocycles. The number of carbonyl (C=O) groups is 1. The van der Waals surface area contributed by atoms with Crippen molar-refractivity contribution in [3.05, 3.63) is 72.4 Å². The fraction of sp³-hybridized carbons (Fsp3) is 0.0526. The number of benzene rings is 1. The zero-order valence-electron chi connectivity index (χ0n) is 14.2. The van der Waals surface area contributed by atoms with Crippen molar-refractivity contribution in [1.29, 1.82) is 0 Å². The Morgan fingerprint density at radius 2 is 1.86 bits per heavy atom. The summed E-state index contributed by atoms with van der Waals surface area (Å²) in [5.41, 5.74) is 6.88. The smallest absolute Gasteiger partial charge is 0.364 e. The van der Waals surface area contributed by atoms with E-state index in [1.165, 1.54) is 10.7 Å². The lowest BCUT2D eigenvalue weighted by Crippen LogP contribution is -2.13. The second kappa shape index (κ2) is 6.45. The van der Waals surface area contributed by atoms with Crippen LogP contribution in [-0.4, -0.2) is 25.7 Å². The van der Waals surface area contributed by atoms with Crippen molar-refractivity contribution in [1.82, 2.24) is 19.7 Å². The van der Waals surface area contributed by atoms with Crippen LogP contribution in [0, 0.1) is 0 Å². The third kappa shape index (κ3) is 3.07. The van der Waals surface area contributed by atoms with Gasteiger partial charge in [-0.05, 0) is 35.9 Å². The molecule has 0 atom stereocenters. The van der Waals surface area contributed by atoms with Crippen LogP contribution in [0.25, 0.3) is 27.7 Å². The van der Waals surface area contributed by atoms with E-state index >= 15 is 0 Å². The number of amides is 1. The molecule has 6 nitrogen and oxygen atoms in total. The van der Waals surface area contributed by atoms with E-state index in [0.717, 1.165) is 23.4 Å². The molecule has 2 N–H and O–H groups in total. The van der Waals surface area contributed by atoms with Crippen LogP contribution in [-0.2, 0) is 6.18 Å². The molecule has 0 radical (unpaired) electrons. The van der Waals surface area contributed by atoms with E-state index < -0.39 is 17.8 Å². The van der Waals surface area contributed by atoms with E-state index in [-0.39, 0.29) is 11.4 Å². The van der Waals surface area contributed by atoms with E-state index in [1.807, 2.05) is 6.07 Å². The lowest BCUT2D eigenvalue weighted by Gasteiger charge is -2.07. The molecular weight excluding hydrogens is 371 g/mol. The summed E-state index contributed by atoms with van der Waals surface area (Å²) in [7, 11) is 0. The number of nitrogens with zero attached hydrogens (tertiary/aromatic N) is 4. The van der Waals surface area contributed by atoms with Crippen molar-refractivity contribution in [2.45, 2.75) is 6.18 Å². The van der Waals surface area contributed by atoms with Crippen LogP contribution in [0.15, 0.2) is 61.1 Å². The lowest BCUT2D eigenvalue weighted by molar-refractivity contribution is -0.141. The standard InChI is InChI=1S/C19H12F3N5O/c20-19(21,22)16-6-4-13(10-25-16)27-15-5-3-11(12-2-1-7-24-9-12)8-14(15)17(26-27)18(23)28/h1-10H,(H2,23,28). The number of alkyl halides is 3. The lowest BCUT2D eigenvalue weighted by atomic mass is 10.0. The topological polar surface area (TPSA) is 86.7 Å². The van der Waals surface area contributed by atoms with Crippen molar-refractivity contribution in [2.24, 2.45) is 5.73 Å². The highest BCUT2D eigenvalue weighted by molar-refractivity contribution is 6.05. The average molecular weight is 383 g/mol. The molecule has 4 rings (SSSR count). The molecule has 0 spiro atoms. The van der Waals surface area contributed by atoms with E-state index in [2.05, 4.69) is 15.1 Å². The van der Waals surface area contributed by atoms with Gasteiger partial charge in [0.2, 0.25) is 0 Å². The van der Waals surface area contributed by atoms with E-state index in [0.29, 0.717) is 10.9 Å². The third-order valence-corrected chi connectivity index (χ3v) is 4.19. The van der Waals surface area contributed by atoms with Gasteiger partial charge in [0.1, 0.15) is 5.69 Å². The maximum atomic E-state index is 12.7. The molecule has 1 aromatic carbocycles. The quantitative estimate of drug-likeness (QED) is 0.586. The summed E-state index contributed by atoms with van der Waals surface area (Å²) >= 11 is 0. The van der Waals surface area contributed by atoms with Gasteiger partial charge in [-0.1, -0.05) is 12.1 Å². The Labute approximate surface area is 156 Å². The zero-order chi connectivity index (χ0) is 19.9. The predicted octanol–water partition coefficient (Wildman–Crippen LogP) is 3.60. The Morgan fingerprint density at radius 1 is 1.04 bits per heavy atom. The number of hydrogen-bond donors (Lipinski definition) is 1. The van der Waals surface area contributed by atoms with E-state index in [4.69, 9.17) is 5.73 Å². The van der Waals surface area contributed by atoms with E-state index in [1.54, 1.807) is 36.7 Å². The summed E-state index contributed by atoms with van der Waals surface area (Å²) in [6.07, 6.45) is -0.168. The monoisotopic (exact) mass is 383 g/mol. The number of hydrogen-bond acceptors (Lipinski definition) is 4. The van der Waals surface area contributed by atoms with Gasteiger partial charge in [-0.25, -0.2) is 9.67 Å². The second-order valence-electron chi connectivity index (χ2n) is 6.00. The number of fused-ring (bicyclic) bond motifs is 1. The maximum absolute atomic E-state index is 12.7. The number of nitrogens with two attached hydrogens (primary N) is 1. The minimum absolute atomic E-state index is 0.0145. The fourth-order valence-corrected chi connectivity index (χ4v) is 2.89. The van der Waals surface area contributed by atoms with Crippen LogP contribution < -0.4 is 5.73 Å². The van der Waals surface area contributed by atoms with Crippen LogP contribution >= 0.6 is 0 Å². The largest absolute Gasteiger partial charge is 0.433 e. The van der Waals surface area contributed by atoms with Gasteiger partial charge < -0.3 is 5.73 Å². The number of aromatic nitrogens is 4. The number of pyridine rings is 2. The van der Waals surface area contributed by atoms with Crippen LogP contribution in [0.1, 0.15) is 16.2 Å². The average Bonchev–Trinajstić information content (AvgIpc) is 3.07. The Kier molecular flexibility index (Phi) is 4.07. The number of halogens is 3. The Bertz CT molecular complexity index is 1170. The Balaban J connectivity index is 1.87. The first-order valence-corrected chi connectivity index (χ1v) is 8.11. The zero-order valence-corrected chi connectivity index (χ0v) is 14.2. The van der Waals surface area contributed by atoms with Gasteiger partial charge >= 0.3 is 6.18 Å². The molecular formula is C19H12F3N5O. The summed E-state index contributed by atoms with van der Waals surface area (Å²) in [4.78, 5) is 19.4. The first-order chi connectivity index (χ1) is 13.3. The molecule has 0 fully saturated rings. The molecule has 3 heterocycles. The van der Waals surface area contributed by atoms with Crippen LogP contribution in [0.5, 0.6) is 0 Å². The predicted molar refractivity (Wildman–Crippen MR) is 95.6 cm³/mol. The van der Waals surface area contributed by atoms with Gasteiger partial charge in [0, 0.05) is 23.3 Å². The third-order valence-electron chi connectivity index (χ3n) is 4.19. The molecule has 1 amide bonds. The van der Waals surface area contributed by atoms with Crippen molar-refractivity contribution in [3.63, 3.8) is 0 Å². The molecule has 0 saturated carbocycles. The summed E-state index contributed by atoms with van der Waals surface area (Å²) in [5.74, 6) is -0.744. The summed E-state index contributed by atoms with van der Waals surface area (Å²) in [6.45, 7) is 0. The second-order valence-corrected chi connectivity index (χ2v) is 6.00. The first-order valence-electron chi connectivity index (χ1n) is 8.11. The Morgan fingerprint density at radius 3 is 2.46 bits per heavy atom. The summed E-state index contributed by atoms with van der Waals surface area (Å²) in [6, 6.07) is 11.0. The summed E-state index contributed by atoms with van der Waals surface area (Å²) < 4.78 is 39.6. The van der Waals surface area contributed by atoms with Gasteiger partial charge in [-0.3, -0.25) is 9.78 Å². The van der Waals surface area contributed by atoms with Crippen LogP contribution in [0.4, 0.5) is 13.2 Å². The minimum Gasteiger partial charge on any atom is -0.364 e. The van der Waals surface area contributed by atoms with Gasteiger partial charge in [-0.15, -0.1) is 0 Å². The molecule has 140 valence electrons. The molecule has 0 aliphatic carbocycles. The van der Waals surface area contributed by atoms with Crippen molar-refractivity contribution >= 4 is 16.8 Å². The van der Waals surface area contributed by atoms with Gasteiger partial charge in [0.15, 0.2) is 5.69 Å².